The largest absolute Gasteiger partial charge is 0.485 e. The summed E-state index contributed by atoms with van der Waals surface area (Å²) in [6.45, 7) is 2.26. The van der Waals surface area contributed by atoms with Gasteiger partial charge in [0.1, 0.15) is 6.61 Å². The molecule has 0 saturated heterocycles. The van der Waals surface area contributed by atoms with Crippen molar-refractivity contribution >= 4 is 23.5 Å². The van der Waals surface area contributed by atoms with E-state index in [1.165, 1.54) is 18.7 Å². The fraction of sp³-hybridized carbons (Fsp3) is 0.273. The highest BCUT2D eigenvalue weighted by Gasteiger charge is 2.27. The molecule has 2 aromatic carbocycles. The van der Waals surface area contributed by atoms with E-state index >= 15 is 0 Å². The second kappa shape index (κ2) is 9.22. The smallest absolute Gasteiger partial charge is 0.217 e. The van der Waals surface area contributed by atoms with E-state index in [0.717, 1.165) is 5.56 Å². The number of benzene rings is 2. The van der Waals surface area contributed by atoms with Crippen LogP contribution in [0.1, 0.15) is 34.8 Å². The Morgan fingerprint density at radius 1 is 1.13 bits per heavy atom. The summed E-state index contributed by atoms with van der Waals surface area (Å²) in [6, 6.07) is 14.7. The Kier molecular flexibility index (Phi) is 6.22. The van der Waals surface area contributed by atoms with Crippen LogP contribution in [0.25, 0.3) is 0 Å². The first kappa shape index (κ1) is 20.9. The van der Waals surface area contributed by atoms with Gasteiger partial charge in [0.2, 0.25) is 5.91 Å². The van der Waals surface area contributed by atoms with Gasteiger partial charge >= 0.3 is 0 Å². The van der Waals surface area contributed by atoms with Crippen molar-refractivity contribution in [2.24, 2.45) is 7.05 Å². The molecule has 0 spiro atoms. The van der Waals surface area contributed by atoms with Crippen LogP contribution in [-0.4, -0.2) is 38.8 Å². The molecule has 0 fully saturated rings. The molecule has 0 saturated carbocycles. The number of carbonyl (C=O) groups is 2. The number of aromatic nitrogens is 3. The molecule has 0 aliphatic carbocycles. The predicted molar refractivity (Wildman–Crippen MR) is 115 cm³/mol. The molecule has 0 bridgehead atoms. The van der Waals surface area contributed by atoms with E-state index < -0.39 is 0 Å². The van der Waals surface area contributed by atoms with E-state index in [1.54, 1.807) is 12.1 Å². The zero-order valence-electron chi connectivity index (χ0n) is 17.2. The summed E-state index contributed by atoms with van der Waals surface area (Å²) in [5.74, 6) is 2.17. The molecule has 1 aliphatic heterocycles. The van der Waals surface area contributed by atoms with E-state index in [4.69, 9.17) is 9.47 Å². The van der Waals surface area contributed by atoms with Crippen LogP contribution in [0.3, 0.4) is 0 Å². The second-order valence-electron chi connectivity index (χ2n) is 7.08. The summed E-state index contributed by atoms with van der Waals surface area (Å²) in [4.78, 5) is 23.6. The molecule has 0 unspecified atom stereocenters. The first-order chi connectivity index (χ1) is 15.0. The summed E-state index contributed by atoms with van der Waals surface area (Å²) in [6.07, 6.45) is -0.367. The maximum absolute atomic E-state index is 12.6. The number of ketones is 1. The number of hydrogen-bond acceptors (Lipinski definition) is 7. The standard InChI is InChI=1S/C22H22N4O4S/c1-14(27)23-11-15-7-9-16(10-8-15)17(28)13-31-22-25-24-21(26(22)2)20-12-29-18-5-3-4-6-19(18)30-20/h3-10,20H,11-13H2,1-2H3,(H,23,27)/t20-/m1/s1. The van der Waals surface area contributed by atoms with Crippen LogP contribution in [0.5, 0.6) is 11.5 Å². The fourth-order valence-corrected chi connectivity index (χ4v) is 3.94. The zero-order valence-corrected chi connectivity index (χ0v) is 18.0. The van der Waals surface area contributed by atoms with Gasteiger partial charge in [-0.1, -0.05) is 48.2 Å². The van der Waals surface area contributed by atoms with Gasteiger partial charge in [-0.3, -0.25) is 9.59 Å². The highest BCUT2D eigenvalue weighted by molar-refractivity contribution is 7.99. The number of hydrogen-bond donors (Lipinski definition) is 1. The summed E-state index contributed by atoms with van der Waals surface area (Å²) < 4.78 is 13.6. The Bertz CT molecular complexity index is 1100. The van der Waals surface area contributed by atoms with Crippen molar-refractivity contribution in [3.63, 3.8) is 0 Å². The van der Waals surface area contributed by atoms with Crippen molar-refractivity contribution in [3.05, 3.63) is 65.5 Å². The normalized spacial score (nSPS) is 14.8. The number of rotatable bonds is 7. The monoisotopic (exact) mass is 438 g/mol. The van der Waals surface area contributed by atoms with Crippen LogP contribution < -0.4 is 14.8 Å². The topological polar surface area (TPSA) is 95.3 Å². The number of ether oxygens (including phenoxy) is 2. The lowest BCUT2D eigenvalue weighted by Crippen LogP contribution is -2.24. The van der Waals surface area contributed by atoms with Crippen molar-refractivity contribution < 1.29 is 19.1 Å². The molecule has 1 aliphatic rings. The van der Waals surface area contributed by atoms with Gasteiger partial charge in [0.05, 0.1) is 5.75 Å². The van der Waals surface area contributed by atoms with Crippen molar-refractivity contribution in [1.82, 2.24) is 20.1 Å². The van der Waals surface area contributed by atoms with E-state index in [0.29, 0.717) is 41.2 Å². The summed E-state index contributed by atoms with van der Waals surface area (Å²) in [7, 11) is 1.85. The SMILES string of the molecule is CC(=O)NCc1ccc(C(=O)CSc2nnc([C@H]3COc4ccccc4O3)n2C)cc1. The molecule has 3 aromatic rings. The highest BCUT2D eigenvalue weighted by Crippen LogP contribution is 2.35. The van der Waals surface area contributed by atoms with Crippen LogP contribution in [0.15, 0.2) is 53.7 Å². The number of fused-ring (bicyclic) bond motifs is 1. The van der Waals surface area contributed by atoms with Crippen molar-refractivity contribution in [1.29, 1.82) is 0 Å². The van der Waals surface area contributed by atoms with Crippen molar-refractivity contribution in [2.45, 2.75) is 24.7 Å². The number of nitrogens with zero attached hydrogens (tertiary/aromatic N) is 3. The average molecular weight is 439 g/mol. The van der Waals surface area contributed by atoms with Gasteiger partial charge in [-0.2, -0.15) is 0 Å². The minimum Gasteiger partial charge on any atom is -0.485 e. The summed E-state index contributed by atoms with van der Waals surface area (Å²) in [5.41, 5.74) is 1.55. The van der Waals surface area contributed by atoms with E-state index in [2.05, 4.69) is 15.5 Å². The lowest BCUT2D eigenvalue weighted by atomic mass is 10.1. The number of amides is 1. The third kappa shape index (κ3) is 4.88. The van der Waals surface area contributed by atoms with Gasteiger partial charge in [0, 0.05) is 26.1 Å². The first-order valence-electron chi connectivity index (χ1n) is 9.78. The Balaban J connectivity index is 1.36. The minimum absolute atomic E-state index is 0.00759. The molecule has 1 aromatic heterocycles. The third-order valence-corrected chi connectivity index (χ3v) is 5.84. The van der Waals surface area contributed by atoms with Crippen LogP contribution >= 0.6 is 11.8 Å². The Hall–Kier alpha value is -3.33. The van der Waals surface area contributed by atoms with E-state index in [-0.39, 0.29) is 23.5 Å². The predicted octanol–water partition coefficient (Wildman–Crippen LogP) is 2.94. The third-order valence-electron chi connectivity index (χ3n) is 4.81. The quantitative estimate of drug-likeness (QED) is 0.448. The molecule has 4 rings (SSSR count). The van der Waals surface area contributed by atoms with Crippen molar-refractivity contribution in [3.8, 4) is 11.5 Å². The maximum Gasteiger partial charge on any atom is 0.217 e. The van der Waals surface area contributed by atoms with E-state index in [1.807, 2.05) is 48.0 Å². The molecule has 1 amide bonds. The van der Waals surface area contributed by atoms with Gasteiger partial charge in [0.15, 0.2) is 34.4 Å². The first-order valence-corrected chi connectivity index (χ1v) is 10.8. The average Bonchev–Trinajstić information content (AvgIpc) is 3.16. The minimum atomic E-state index is -0.367. The van der Waals surface area contributed by atoms with Gasteiger partial charge < -0.3 is 19.4 Å². The molecular weight excluding hydrogens is 416 g/mol. The molecule has 31 heavy (non-hydrogen) atoms. The van der Waals surface area contributed by atoms with Gasteiger partial charge in [-0.25, -0.2) is 0 Å². The number of nitrogens with one attached hydrogen (secondary N) is 1. The fourth-order valence-electron chi connectivity index (χ4n) is 3.13. The summed E-state index contributed by atoms with van der Waals surface area (Å²) in [5, 5.41) is 11.8. The van der Waals surface area contributed by atoms with Gasteiger partial charge in [0.25, 0.3) is 0 Å². The zero-order chi connectivity index (χ0) is 21.8. The maximum atomic E-state index is 12.6. The lowest BCUT2D eigenvalue weighted by molar-refractivity contribution is -0.119. The molecule has 1 atom stereocenters. The van der Waals surface area contributed by atoms with Crippen LogP contribution in [0.2, 0.25) is 0 Å². The Morgan fingerprint density at radius 3 is 2.61 bits per heavy atom. The van der Waals surface area contributed by atoms with Crippen LogP contribution in [0, 0.1) is 0 Å². The van der Waals surface area contributed by atoms with Gasteiger partial charge in [-0.05, 0) is 17.7 Å². The highest BCUT2D eigenvalue weighted by atomic mass is 32.2. The van der Waals surface area contributed by atoms with Crippen LogP contribution in [-0.2, 0) is 18.4 Å². The number of para-hydroxylation sites is 2. The lowest BCUT2D eigenvalue weighted by Gasteiger charge is -2.25. The molecular formula is C22H22N4O4S. The molecule has 1 N–H and O–H groups in total. The molecule has 8 nitrogen and oxygen atoms in total. The molecule has 0 radical (unpaired) electrons. The van der Waals surface area contributed by atoms with E-state index in [9.17, 15) is 9.59 Å². The summed E-state index contributed by atoms with van der Waals surface area (Å²) >= 11 is 1.33. The second-order valence-corrected chi connectivity index (χ2v) is 8.03. The van der Waals surface area contributed by atoms with Crippen molar-refractivity contribution in [2.75, 3.05) is 12.4 Å². The molecule has 9 heteroatoms. The number of Topliss-reactive ketones (excluding diaryl/α,β-unsaturated/α-hetero) is 1. The number of thioether (sulfide) groups is 1. The Labute approximate surface area is 184 Å². The molecule has 160 valence electrons. The molecule has 2 heterocycles. The van der Waals surface area contributed by atoms with Crippen LogP contribution in [0.4, 0.5) is 0 Å². The number of carbonyl (C=O) groups excluding carboxylic acids is 2. The Morgan fingerprint density at radius 2 is 1.87 bits per heavy atom. The van der Waals surface area contributed by atoms with Gasteiger partial charge in [-0.15, -0.1) is 10.2 Å².